The number of hydrogen-bond donors (Lipinski definition) is 0. The molecule has 0 aromatic carbocycles. The lowest BCUT2D eigenvalue weighted by Crippen LogP contribution is -2.30. The van der Waals surface area contributed by atoms with Crippen molar-refractivity contribution in [3.05, 3.63) is 60.8 Å². The van der Waals surface area contributed by atoms with E-state index in [0.29, 0.717) is 19.3 Å². The van der Waals surface area contributed by atoms with Crippen molar-refractivity contribution in [3.8, 4) is 0 Å². The average Bonchev–Trinajstić information content (AvgIpc) is 3.48. The van der Waals surface area contributed by atoms with Gasteiger partial charge in [0.05, 0.1) is 0 Å². The molecule has 1 atom stereocenters. The van der Waals surface area contributed by atoms with E-state index >= 15 is 0 Å². The van der Waals surface area contributed by atoms with Gasteiger partial charge < -0.3 is 14.2 Å². The molecule has 0 heterocycles. The van der Waals surface area contributed by atoms with Gasteiger partial charge in [-0.1, -0.05) is 332 Å². The SMILES string of the molecule is CCCC/C=C\CCCCCCCC(=O)OCC(COC(=O)CCCCCCCCCCCCCCCCCCCCCCC/C=C\CCCCCCCCCC)OC(=O)CCCCCCCC/C=C\C/C=C\C/C=C\CCCCCCC. The number of rotatable bonds is 68. The highest BCUT2D eigenvalue weighted by atomic mass is 16.6. The molecule has 0 aromatic heterocycles. The predicted molar refractivity (Wildman–Crippen MR) is 362 cm³/mol. The van der Waals surface area contributed by atoms with Gasteiger partial charge in [-0.05, 0) is 103 Å². The summed E-state index contributed by atoms with van der Waals surface area (Å²) in [5, 5.41) is 0. The van der Waals surface area contributed by atoms with Crippen LogP contribution in [0.4, 0.5) is 0 Å². The Labute approximate surface area is 517 Å². The van der Waals surface area contributed by atoms with Crippen LogP contribution in [-0.4, -0.2) is 37.2 Å². The van der Waals surface area contributed by atoms with Gasteiger partial charge in [0.25, 0.3) is 0 Å². The summed E-state index contributed by atoms with van der Waals surface area (Å²) in [7, 11) is 0. The Balaban J connectivity index is 4.12. The Morgan fingerprint density at radius 3 is 0.723 bits per heavy atom. The van der Waals surface area contributed by atoms with Crippen LogP contribution < -0.4 is 0 Å². The number of carbonyl (C=O) groups is 3. The fourth-order valence-corrected chi connectivity index (χ4v) is 10.9. The lowest BCUT2D eigenvalue weighted by Gasteiger charge is -2.18. The summed E-state index contributed by atoms with van der Waals surface area (Å²) in [6, 6.07) is 0. The molecular weight excluding hydrogens is 1020 g/mol. The van der Waals surface area contributed by atoms with Crippen molar-refractivity contribution in [2.75, 3.05) is 13.2 Å². The van der Waals surface area contributed by atoms with Crippen LogP contribution in [0.2, 0.25) is 0 Å². The summed E-state index contributed by atoms with van der Waals surface area (Å²) in [6.45, 7) is 6.63. The third-order valence-corrected chi connectivity index (χ3v) is 16.5. The predicted octanol–water partition coefficient (Wildman–Crippen LogP) is 25.5. The molecule has 0 aliphatic heterocycles. The fourth-order valence-electron chi connectivity index (χ4n) is 10.9. The maximum atomic E-state index is 12.9. The van der Waals surface area contributed by atoms with Crippen LogP contribution in [-0.2, 0) is 28.6 Å². The lowest BCUT2D eigenvalue weighted by atomic mass is 10.0. The van der Waals surface area contributed by atoms with Crippen molar-refractivity contribution in [1.82, 2.24) is 0 Å². The molecule has 83 heavy (non-hydrogen) atoms. The first-order valence-corrected chi connectivity index (χ1v) is 36.8. The molecule has 0 aromatic rings. The van der Waals surface area contributed by atoms with Gasteiger partial charge in [-0.25, -0.2) is 0 Å². The summed E-state index contributed by atoms with van der Waals surface area (Å²) in [5.74, 6) is -0.881. The molecule has 0 saturated carbocycles. The van der Waals surface area contributed by atoms with E-state index in [1.54, 1.807) is 0 Å². The number of esters is 3. The van der Waals surface area contributed by atoms with Gasteiger partial charge in [-0.2, -0.15) is 0 Å². The van der Waals surface area contributed by atoms with E-state index in [0.717, 1.165) is 89.9 Å². The van der Waals surface area contributed by atoms with Crippen LogP contribution in [0.15, 0.2) is 60.8 Å². The number of hydrogen-bond acceptors (Lipinski definition) is 6. The smallest absolute Gasteiger partial charge is 0.306 e. The van der Waals surface area contributed by atoms with Crippen molar-refractivity contribution in [1.29, 1.82) is 0 Å². The first-order chi connectivity index (χ1) is 41.0. The largest absolute Gasteiger partial charge is 0.462 e. The molecule has 1 unspecified atom stereocenters. The quantitative estimate of drug-likeness (QED) is 0.0261. The summed E-state index contributed by atoms with van der Waals surface area (Å²) in [5.41, 5.74) is 0. The van der Waals surface area contributed by atoms with Gasteiger partial charge in [-0.3, -0.25) is 14.4 Å². The first kappa shape index (κ1) is 80.1. The van der Waals surface area contributed by atoms with Gasteiger partial charge in [0.1, 0.15) is 13.2 Å². The Kier molecular flexibility index (Phi) is 69.1. The van der Waals surface area contributed by atoms with Crippen molar-refractivity contribution < 1.29 is 28.6 Å². The third kappa shape index (κ3) is 69.8. The molecule has 6 nitrogen and oxygen atoms in total. The maximum Gasteiger partial charge on any atom is 0.306 e. The van der Waals surface area contributed by atoms with Crippen LogP contribution in [0.25, 0.3) is 0 Å². The third-order valence-electron chi connectivity index (χ3n) is 16.5. The zero-order chi connectivity index (χ0) is 59.9. The second kappa shape index (κ2) is 71.6. The molecule has 0 fully saturated rings. The Hall–Kier alpha value is -2.89. The van der Waals surface area contributed by atoms with Crippen molar-refractivity contribution in [2.24, 2.45) is 0 Å². The highest BCUT2D eigenvalue weighted by molar-refractivity contribution is 5.71. The Bertz CT molecular complexity index is 1470. The molecule has 0 bridgehead atoms. The minimum atomic E-state index is -0.784. The van der Waals surface area contributed by atoms with Crippen LogP contribution in [0.5, 0.6) is 0 Å². The maximum absolute atomic E-state index is 12.9. The molecule has 6 heteroatoms. The lowest BCUT2D eigenvalue weighted by molar-refractivity contribution is -0.167. The number of unbranched alkanes of at least 4 members (excludes halogenated alkanes) is 47. The molecule has 0 saturated heterocycles. The molecular formula is C77H140O6. The monoisotopic (exact) mass is 1160 g/mol. The van der Waals surface area contributed by atoms with Gasteiger partial charge in [-0.15, -0.1) is 0 Å². The van der Waals surface area contributed by atoms with E-state index in [-0.39, 0.29) is 31.1 Å². The number of ether oxygens (including phenoxy) is 3. The zero-order valence-corrected chi connectivity index (χ0v) is 55.7. The van der Waals surface area contributed by atoms with E-state index in [4.69, 9.17) is 14.2 Å². The highest BCUT2D eigenvalue weighted by Gasteiger charge is 2.19. The summed E-state index contributed by atoms with van der Waals surface area (Å²) in [6.07, 6.45) is 92.8. The van der Waals surface area contributed by atoms with Gasteiger partial charge in [0.2, 0.25) is 0 Å². The summed E-state index contributed by atoms with van der Waals surface area (Å²) >= 11 is 0. The van der Waals surface area contributed by atoms with Gasteiger partial charge >= 0.3 is 17.9 Å². The van der Waals surface area contributed by atoms with Crippen molar-refractivity contribution in [3.63, 3.8) is 0 Å². The number of allylic oxidation sites excluding steroid dienone is 10. The minimum Gasteiger partial charge on any atom is -0.462 e. The molecule has 0 radical (unpaired) electrons. The van der Waals surface area contributed by atoms with Gasteiger partial charge in [0, 0.05) is 19.3 Å². The molecule has 0 amide bonds. The molecule has 484 valence electrons. The van der Waals surface area contributed by atoms with Crippen LogP contribution in [0, 0.1) is 0 Å². The second-order valence-corrected chi connectivity index (χ2v) is 24.8. The van der Waals surface area contributed by atoms with E-state index < -0.39 is 6.10 Å². The number of carbonyl (C=O) groups excluding carboxylic acids is 3. The van der Waals surface area contributed by atoms with E-state index in [1.165, 1.54) is 263 Å². The van der Waals surface area contributed by atoms with Crippen LogP contribution >= 0.6 is 0 Å². The fraction of sp³-hybridized carbons (Fsp3) is 0.831. The Morgan fingerprint density at radius 2 is 0.446 bits per heavy atom. The van der Waals surface area contributed by atoms with Crippen molar-refractivity contribution >= 4 is 17.9 Å². The zero-order valence-electron chi connectivity index (χ0n) is 55.7. The normalized spacial score (nSPS) is 12.4. The molecule has 0 aliphatic rings. The van der Waals surface area contributed by atoms with Crippen LogP contribution in [0.1, 0.15) is 393 Å². The minimum absolute atomic E-state index is 0.0789. The first-order valence-electron chi connectivity index (χ1n) is 36.8. The van der Waals surface area contributed by atoms with Crippen molar-refractivity contribution in [2.45, 2.75) is 399 Å². The highest BCUT2D eigenvalue weighted by Crippen LogP contribution is 2.18. The van der Waals surface area contributed by atoms with E-state index in [1.807, 2.05) is 0 Å². The topological polar surface area (TPSA) is 78.9 Å². The molecule has 0 rings (SSSR count). The second-order valence-electron chi connectivity index (χ2n) is 24.8. The van der Waals surface area contributed by atoms with Gasteiger partial charge in [0.15, 0.2) is 6.10 Å². The summed E-state index contributed by atoms with van der Waals surface area (Å²) < 4.78 is 16.9. The molecule has 0 aliphatic carbocycles. The van der Waals surface area contributed by atoms with Crippen LogP contribution in [0.3, 0.4) is 0 Å². The summed E-state index contributed by atoms with van der Waals surface area (Å²) in [4.78, 5) is 38.4. The average molecular weight is 1160 g/mol. The van der Waals surface area contributed by atoms with E-state index in [2.05, 4.69) is 81.5 Å². The van der Waals surface area contributed by atoms with E-state index in [9.17, 15) is 14.4 Å². The standard InChI is InChI=1S/C77H140O6/c1-4-7-10-13-16-19-22-24-26-28-30-32-33-34-35-36-37-38-39-40-41-42-43-45-46-48-50-52-55-58-61-64-67-70-76(79)82-73-74(72-81-75(78)69-66-63-60-57-54-21-18-15-12-9-6-3)83-77(80)71-68-65-62-59-56-53-51-49-47-44-31-29-27-25-23-20-17-14-11-8-5-2/h15,18,23,25,28-31,47,49,74H,4-14,16-17,19-22,24,26-27,32-46,48,50-73H2,1-3H3/b18-15-,25-23-,30-28-,31-29-,49-47-. The Morgan fingerprint density at radius 1 is 0.241 bits per heavy atom. The molecule has 0 spiro atoms. The molecule has 0 N–H and O–H groups in total.